The molecule has 4 aromatic rings. The van der Waals surface area contributed by atoms with E-state index in [0.717, 1.165) is 54.9 Å². The number of piperidine rings is 1. The number of aromatic nitrogens is 3. The molecular formula is C27H25FN4O. The molecule has 2 aromatic carbocycles. The Hall–Kier alpha value is -3.64. The summed E-state index contributed by atoms with van der Waals surface area (Å²) in [5, 5.41) is 9.57. The average molecular weight is 441 g/mol. The Kier molecular flexibility index (Phi) is 6.09. The van der Waals surface area contributed by atoms with Crippen molar-refractivity contribution < 1.29 is 9.50 Å². The van der Waals surface area contributed by atoms with Gasteiger partial charge in [0.15, 0.2) is 5.82 Å². The molecule has 0 unspecified atom stereocenters. The molecule has 1 fully saturated rings. The summed E-state index contributed by atoms with van der Waals surface area (Å²) in [6.07, 6.45) is 7.24. The first-order chi connectivity index (χ1) is 16.2. The summed E-state index contributed by atoms with van der Waals surface area (Å²) in [5.41, 5.74) is 4.15. The number of nitrogens with zero attached hydrogens (tertiary/aromatic N) is 4. The summed E-state index contributed by atoms with van der Waals surface area (Å²) < 4.78 is 14.7. The van der Waals surface area contributed by atoms with Crippen molar-refractivity contribution in [2.24, 2.45) is 0 Å². The van der Waals surface area contributed by atoms with Crippen LogP contribution in [0.15, 0.2) is 79.3 Å². The number of halogens is 1. The highest BCUT2D eigenvalue weighted by molar-refractivity contribution is 5.68. The highest BCUT2D eigenvalue weighted by Gasteiger charge is 2.26. The zero-order valence-electron chi connectivity index (χ0n) is 18.2. The number of hydrogen-bond donors (Lipinski definition) is 1. The Morgan fingerprint density at radius 3 is 2.61 bits per heavy atom. The largest absolute Gasteiger partial charge is 0.508 e. The van der Waals surface area contributed by atoms with Gasteiger partial charge in [0.2, 0.25) is 0 Å². The van der Waals surface area contributed by atoms with Crippen LogP contribution >= 0.6 is 0 Å². The van der Waals surface area contributed by atoms with E-state index < -0.39 is 0 Å². The summed E-state index contributed by atoms with van der Waals surface area (Å²) in [5.74, 6) is 0.764. The number of hydrogen-bond acceptors (Lipinski definition) is 5. The van der Waals surface area contributed by atoms with Gasteiger partial charge >= 0.3 is 0 Å². The van der Waals surface area contributed by atoms with Crippen LogP contribution in [0, 0.1) is 5.82 Å². The molecule has 0 radical (unpaired) electrons. The first-order valence-electron chi connectivity index (χ1n) is 11.2. The molecule has 2 aromatic heterocycles. The predicted molar refractivity (Wildman–Crippen MR) is 126 cm³/mol. The van der Waals surface area contributed by atoms with Crippen LogP contribution < -0.4 is 0 Å². The van der Waals surface area contributed by atoms with Crippen molar-refractivity contribution in [3.05, 3.63) is 96.3 Å². The van der Waals surface area contributed by atoms with Gasteiger partial charge in [-0.2, -0.15) is 0 Å². The number of pyridine rings is 1. The molecule has 5 nitrogen and oxygen atoms in total. The van der Waals surface area contributed by atoms with Crippen molar-refractivity contribution in [3.8, 4) is 28.3 Å². The minimum absolute atomic E-state index is 0.156. The van der Waals surface area contributed by atoms with Gasteiger partial charge in [0.1, 0.15) is 11.6 Å². The number of likely N-dealkylation sites (tertiary alicyclic amines) is 1. The van der Waals surface area contributed by atoms with E-state index in [1.807, 2.05) is 30.3 Å². The summed E-state index contributed by atoms with van der Waals surface area (Å²) >= 11 is 0. The predicted octanol–water partition coefficient (Wildman–Crippen LogP) is 5.43. The van der Waals surface area contributed by atoms with E-state index in [1.165, 1.54) is 6.07 Å². The van der Waals surface area contributed by atoms with E-state index >= 15 is 0 Å². The Bertz CT molecular complexity index is 1230. The van der Waals surface area contributed by atoms with Gasteiger partial charge in [0.05, 0.1) is 5.69 Å². The lowest BCUT2D eigenvalue weighted by atomic mass is 9.89. The van der Waals surface area contributed by atoms with Crippen LogP contribution in [-0.4, -0.2) is 38.0 Å². The van der Waals surface area contributed by atoms with Crippen LogP contribution in [0.2, 0.25) is 0 Å². The van der Waals surface area contributed by atoms with E-state index in [9.17, 15) is 9.50 Å². The van der Waals surface area contributed by atoms with Crippen LogP contribution in [-0.2, 0) is 6.54 Å². The third-order valence-corrected chi connectivity index (χ3v) is 6.14. The molecule has 0 saturated carbocycles. The summed E-state index contributed by atoms with van der Waals surface area (Å²) in [6, 6.07) is 18.0. The maximum Gasteiger partial charge on any atom is 0.160 e. The molecule has 166 valence electrons. The lowest BCUT2D eigenvalue weighted by molar-refractivity contribution is 0.198. The van der Waals surface area contributed by atoms with Gasteiger partial charge in [-0.25, -0.2) is 14.4 Å². The van der Waals surface area contributed by atoms with Gasteiger partial charge in [0, 0.05) is 54.3 Å². The first-order valence-corrected chi connectivity index (χ1v) is 11.2. The Morgan fingerprint density at radius 1 is 0.970 bits per heavy atom. The van der Waals surface area contributed by atoms with Crippen LogP contribution in [0.4, 0.5) is 4.39 Å². The van der Waals surface area contributed by atoms with Gasteiger partial charge in [0.25, 0.3) is 0 Å². The Labute approximate surface area is 192 Å². The molecule has 33 heavy (non-hydrogen) atoms. The minimum atomic E-state index is -0.270. The van der Waals surface area contributed by atoms with Crippen LogP contribution in [0.25, 0.3) is 22.5 Å². The SMILES string of the molecule is Oc1ccc(CN2CCC[C@H](c3nc(-c4cccnc4)ncc3-c3ccccc3F)C2)cc1. The molecule has 1 N–H and O–H groups in total. The second-order valence-corrected chi connectivity index (χ2v) is 8.45. The van der Waals surface area contributed by atoms with E-state index in [4.69, 9.17) is 4.98 Å². The van der Waals surface area contributed by atoms with Gasteiger partial charge in [-0.1, -0.05) is 30.3 Å². The molecule has 1 aliphatic heterocycles. The normalized spacial score (nSPS) is 16.6. The van der Waals surface area contributed by atoms with E-state index in [-0.39, 0.29) is 17.5 Å². The quantitative estimate of drug-likeness (QED) is 0.448. The third-order valence-electron chi connectivity index (χ3n) is 6.14. The molecule has 0 amide bonds. The highest BCUT2D eigenvalue weighted by atomic mass is 19.1. The molecule has 3 heterocycles. The summed E-state index contributed by atoms with van der Waals surface area (Å²) in [7, 11) is 0. The van der Waals surface area contributed by atoms with Crippen molar-refractivity contribution in [2.75, 3.05) is 13.1 Å². The topological polar surface area (TPSA) is 62.1 Å². The zero-order valence-corrected chi connectivity index (χ0v) is 18.2. The summed E-state index contributed by atoms with van der Waals surface area (Å²) in [4.78, 5) is 16.1. The van der Waals surface area contributed by atoms with Gasteiger partial charge in [-0.05, 0) is 55.3 Å². The number of phenolic OH excluding ortho intramolecular Hbond substituents is 1. The Morgan fingerprint density at radius 2 is 1.82 bits per heavy atom. The van der Waals surface area contributed by atoms with Crippen LogP contribution in [0.5, 0.6) is 5.75 Å². The Balaban J connectivity index is 1.50. The van der Waals surface area contributed by atoms with Crippen molar-refractivity contribution in [1.29, 1.82) is 0 Å². The lowest BCUT2D eigenvalue weighted by Gasteiger charge is -2.33. The second kappa shape index (κ2) is 9.46. The molecular weight excluding hydrogens is 415 g/mol. The maximum atomic E-state index is 14.7. The van der Waals surface area contributed by atoms with Crippen molar-refractivity contribution in [3.63, 3.8) is 0 Å². The number of phenols is 1. The zero-order chi connectivity index (χ0) is 22.6. The fourth-order valence-electron chi connectivity index (χ4n) is 4.51. The fraction of sp³-hybridized carbons (Fsp3) is 0.222. The van der Waals surface area contributed by atoms with E-state index in [0.29, 0.717) is 11.4 Å². The average Bonchev–Trinajstić information content (AvgIpc) is 2.86. The number of rotatable bonds is 5. The standard InChI is InChI=1S/C27H25FN4O/c28-25-8-2-1-7-23(25)24-16-30-27(20-5-3-13-29-15-20)31-26(24)21-6-4-14-32(18-21)17-19-9-11-22(33)12-10-19/h1-3,5,7-13,15-16,21,33H,4,6,14,17-18H2/t21-/m0/s1. The molecule has 5 rings (SSSR count). The third kappa shape index (κ3) is 4.76. The van der Waals surface area contributed by atoms with Crippen LogP contribution in [0.1, 0.15) is 30.0 Å². The molecule has 0 bridgehead atoms. The van der Waals surface area contributed by atoms with Gasteiger partial charge in [-0.15, -0.1) is 0 Å². The molecule has 0 spiro atoms. The van der Waals surface area contributed by atoms with Crippen LogP contribution in [0.3, 0.4) is 0 Å². The van der Waals surface area contributed by atoms with Gasteiger partial charge in [-0.3, -0.25) is 9.88 Å². The van der Waals surface area contributed by atoms with Gasteiger partial charge < -0.3 is 5.11 Å². The molecule has 1 aliphatic rings. The van der Waals surface area contributed by atoms with Crippen molar-refractivity contribution >= 4 is 0 Å². The minimum Gasteiger partial charge on any atom is -0.508 e. The fourth-order valence-corrected chi connectivity index (χ4v) is 4.51. The summed E-state index contributed by atoms with van der Waals surface area (Å²) in [6.45, 7) is 2.62. The number of benzene rings is 2. The van der Waals surface area contributed by atoms with Crippen molar-refractivity contribution in [2.45, 2.75) is 25.3 Å². The number of aromatic hydroxyl groups is 1. The van der Waals surface area contributed by atoms with E-state index in [2.05, 4.69) is 14.9 Å². The molecule has 6 heteroatoms. The van der Waals surface area contributed by atoms with E-state index in [1.54, 1.807) is 42.9 Å². The first kappa shape index (κ1) is 21.2. The maximum absolute atomic E-state index is 14.7. The molecule has 1 saturated heterocycles. The smallest absolute Gasteiger partial charge is 0.160 e. The monoisotopic (exact) mass is 440 g/mol. The van der Waals surface area contributed by atoms with Crippen molar-refractivity contribution in [1.82, 2.24) is 19.9 Å². The highest BCUT2D eigenvalue weighted by Crippen LogP contribution is 2.35. The molecule has 0 aliphatic carbocycles. The second-order valence-electron chi connectivity index (χ2n) is 8.45. The molecule has 1 atom stereocenters. The lowest BCUT2D eigenvalue weighted by Crippen LogP contribution is -2.34.